The fourth-order valence-electron chi connectivity index (χ4n) is 0.745. The third-order valence-corrected chi connectivity index (χ3v) is 1.87. The molecule has 1 aromatic heterocycles. The number of anilines is 1. The topological polar surface area (TPSA) is 56.0 Å². The number of carbonyl (C=O) groups excluding carboxylic acids is 1. The summed E-state index contributed by atoms with van der Waals surface area (Å²) in [5.41, 5.74) is 6.49. The lowest BCUT2D eigenvalue weighted by molar-refractivity contribution is 0.101. The molecule has 0 aromatic carbocycles. The van der Waals surface area contributed by atoms with Crippen LogP contribution in [0.5, 0.6) is 0 Å². The molecule has 0 unspecified atom stereocenters. The van der Waals surface area contributed by atoms with Crippen LogP contribution in [-0.2, 0) is 0 Å². The Morgan fingerprint density at radius 3 is 2.82 bits per heavy atom. The second-order valence-corrected chi connectivity index (χ2v) is 3.26. The molecule has 0 aliphatic heterocycles. The summed E-state index contributed by atoms with van der Waals surface area (Å²) < 4.78 is 0.780. The zero-order valence-corrected chi connectivity index (χ0v) is 8.12. The zero-order valence-electron chi connectivity index (χ0n) is 5.97. The van der Waals surface area contributed by atoms with Crippen molar-refractivity contribution in [3.8, 4) is 0 Å². The summed E-state index contributed by atoms with van der Waals surface area (Å²) in [4.78, 5) is 14.8. The van der Waals surface area contributed by atoms with E-state index in [0.717, 1.165) is 3.70 Å². The van der Waals surface area contributed by atoms with Gasteiger partial charge in [-0.1, -0.05) is 0 Å². The van der Waals surface area contributed by atoms with E-state index in [9.17, 15) is 4.79 Å². The number of ketones is 1. The van der Waals surface area contributed by atoms with E-state index in [1.807, 2.05) is 22.6 Å². The number of nitrogen functional groups attached to an aromatic ring is 1. The Morgan fingerprint density at radius 2 is 2.36 bits per heavy atom. The van der Waals surface area contributed by atoms with Gasteiger partial charge in [-0.2, -0.15) is 0 Å². The average molecular weight is 262 g/mol. The maximum Gasteiger partial charge on any atom is 0.162 e. The SMILES string of the molecule is CC(=O)c1cc(I)ncc1N. The average Bonchev–Trinajstić information content (AvgIpc) is 1.94. The van der Waals surface area contributed by atoms with Crippen molar-refractivity contribution in [1.82, 2.24) is 4.98 Å². The molecule has 0 aliphatic rings. The van der Waals surface area contributed by atoms with E-state index in [1.165, 1.54) is 13.1 Å². The first-order chi connectivity index (χ1) is 5.11. The molecule has 0 aliphatic carbocycles. The molecule has 1 heterocycles. The van der Waals surface area contributed by atoms with E-state index in [2.05, 4.69) is 4.98 Å². The number of nitrogens with zero attached hydrogens (tertiary/aromatic N) is 1. The highest BCUT2D eigenvalue weighted by atomic mass is 127. The minimum atomic E-state index is -0.0252. The minimum Gasteiger partial charge on any atom is -0.397 e. The van der Waals surface area contributed by atoms with Gasteiger partial charge in [-0.15, -0.1) is 0 Å². The first kappa shape index (κ1) is 8.45. The number of carbonyl (C=O) groups is 1. The van der Waals surface area contributed by atoms with Gasteiger partial charge in [-0.25, -0.2) is 4.98 Å². The minimum absolute atomic E-state index is 0.0252. The van der Waals surface area contributed by atoms with Crippen LogP contribution in [0.25, 0.3) is 0 Å². The summed E-state index contributed by atoms with van der Waals surface area (Å²) in [6.07, 6.45) is 1.50. The van der Waals surface area contributed by atoms with Crippen LogP contribution in [-0.4, -0.2) is 10.8 Å². The molecule has 4 heteroatoms. The molecular formula is C7H7IN2O. The maximum absolute atomic E-state index is 10.9. The van der Waals surface area contributed by atoms with Crippen molar-refractivity contribution in [2.75, 3.05) is 5.73 Å². The van der Waals surface area contributed by atoms with Gasteiger partial charge in [0.2, 0.25) is 0 Å². The number of pyridine rings is 1. The lowest BCUT2D eigenvalue weighted by Gasteiger charge is -1.99. The maximum atomic E-state index is 10.9. The Morgan fingerprint density at radius 1 is 1.73 bits per heavy atom. The second kappa shape index (κ2) is 3.17. The predicted molar refractivity (Wildman–Crippen MR) is 51.4 cm³/mol. The molecule has 0 saturated carbocycles. The summed E-state index contributed by atoms with van der Waals surface area (Å²) in [7, 11) is 0. The van der Waals surface area contributed by atoms with Crippen molar-refractivity contribution in [2.45, 2.75) is 6.92 Å². The lowest BCUT2D eigenvalue weighted by Crippen LogP contribution is -2.01. The van der Waals surface area contributed by atoms with E-state index in [0.29, 0.717) is 11.3 Å². The van der Waals surface area contributed by atoms with Crippen molar-refractivity contribution in [3.63, 3.8) is 0 Å². The van der Waals surface area contributed by atoms with Gasteiger partial charge < -0.3 is 5.73 Å². The van der Waals surface area contributed by atoms with Crippen molar-refractivity contribution < 1.29 is 4.79 Å². The quantitative estimate of drug-likeness (QED) is 0.473. The van der Waals surface area contributed by atoms with Crippen LogP contribution in [0, 0.1) is 3.70 Å². The second-order valence-electron chi connectivity index (χ2n) is 2.15. The smallest absolute Gasteiger partial charge is 0.162 e. The first-order valence-electron chi connectivity index (χ1n) is 3.03. The Balaban J connectivity index is 3.23. The van der Waals surface area contributed by atoms with Gasteiger partial charge in [0.1, 0.15) is 3.70 Å². The normalized spacial score (nSPS) is 9.64. The van der Waals surface area contributed by atoms with Crippen LogP contribution < -0.4 is 5.73 Å². The standard InChI is InChI=1S/C7H7IN2O/c1-4(11)5-2-7(8)10-3-6(5)9/h2-3H,9H2,1H3. The monoisotopic (exact) mass is 262 g/mol. The van der Waals surface area contributed by atoms with Gasteiger partial charge in [-0.3, -0.25) is 4.79 Å². The summed E-state index contributed by atoms with van der Waals surface area (Å²) in [5, 5.41) is 0. The van der Waals surface area contributed by atoms with E-state index in [-0.39, 0.29) is 5.78 Å². The van der Waals surface area contributed by atoms with E-state index >= 15 is 0 Å². The lowest BCUT2D eigenvalue weighted by atomic mass is 10.2. The van der Waals surface area contributed by atoms with Gasteiger partial charge in [0.15, 0.2) is 5.78 Å². The van der Waals surface area contributed by atoms with Gasteiger partial charge >= 0.3 is 0 Å². The Hall–Kier alpha value is -0.650. The van der Waals surface area contributed by atoms with Gasteiger partial charge in [0, 0.05) is 5.56 Å². The first-order valence-corrected chi connectivity index (χ1v) is 4.11. The van der Waals surface area contributed by atoms with Gasteiger partial charge in [0.05, 0.1) is 11.9 Å². The van der Waals surface area contributed by atoms with Crippen LogP contribution in [0.3, 0.4) is 0 Å². The molecule has 0 fully saturated rings. The molecule has 0 radical (unpaired) electrons. The van der Waals surface area contributed by atoms with Crippen molar-refractivity contribution in [1.29, 1.82) is 0 Å². The van der Waals surface area contributed by atoms with Crippen molar-refractivity contribution in [3.05, 3.63) is 21.5 Å². The highest BCUT2D eigenvalue weighted by Crippen LogP contribution is 2.12. The Bertz CT molecular complexity index is 298. The largest absolute Gasteiger partial charge is 0.397 e. The van der Waals surface area contributed by atoms with Crippen LogP contribution >= 0.6 is 22.6 Å². The summed E-state index contributed by atoms with van der Waals surface area (Å²) in [6, 6.07) is 1.68. The summed E-state index contributed by atoms with van der Waals surface area (Å²) in [5.74, 6) is -0.0252. The summed E-state index contributed by atoms with van der Waals surface area (Å²) in [6.45, 7) is 1.49. The zero-order chi connectivity index (χ0) is 8.43. The van der Waals surface area contributed by atoms with Crippen LogP contribution in [0.15, 0.2) is 12.3 Å². The number of rotatable bonds is 1. The Kier molecular flexibility index (Phi) is 2.43. The van der Waals surface area contributed by atoms with Crippen LogP contribution in [0.1, 0.15) is 17.3 Å². The number of nitrogens with two attached hydrogens (primary N) is 1. The third-order valence-electron chi connectivity index (χ3n) is 1.28. The fraction of sp³-hybridized carbons (Fsp3) is 0.143. The highest BCUT2D eigenvalue weighted by Gasteiger charge is 2.04. The summed E-state index contributed by atoms with van der Waals surface area (Å²) >= 11 is 2.04. The molecule has 2 N–H and O–H groups in total. The number of hydrogen-bond donors (Lipinski definition) is 1. The molecule has 0 amide bonds. The van der Waals surface area contributed by atoms with E-state index in [1.54, 1.807) is 6.07 Å². The molecule has 58 valence electrons. The molecule has 1 rings (SSSR count). The van der Waals surface area contributed by atoms with Crippen LogP contribution in [0.4, 0.5) is 5.69 Å². The molecule has 0 spiro atoms. The van der Waals surface area contributed by atoms with Gasteiger partial charge in [-0.05, 0) is 35.6 Å². The highest BCUT2D eigenvalue weighted by molar-refractivity contribution is 14.1. The van der Waals surface area contributed by atoms with Crippen molar-refractivity contribution >= 4 is 34.1 Å². The van der Waals surface area contributed by atoms with Crippen molar-refractivity contribution in [2.24, 2.45) is 0 Å². The number of halogens is 1. The molecular weight excluding hydrogens is 255 g/mol. The molecule has 0 bridgehead atoms. The number of Topliss-reactive ketones (excluding diaryl/α,β-unsaturated/α-hetero) is 1. The molecule has 1 aromatic rings. The predicted octanol–water partition coefficient (Wildman–Crippen LogP) is 1.47. The molecule has 0 saturated heterocycles. The number of hydrogen-bond acceptors (Lipinski definition) is 3. The number of aromatic nitrogens is 1. The van der Waals surface area contributed by atoms with Crippen LogP contribution in [0.2, 0.25) is 0 Å². The fourth-order valence-corrected chi connectivity index (χ4v) is 1.20. The Labute approximate surface area is 78.1 Å². The van der Waals surface area contributed by atoms with Gasteiger partial charge in [0.25, 0.3) is 0 Å². The molecule has 11 heavy (non-hydrogen) atoms. The molecule has 0 atom stereocenters. The van der Waals surface area contributed by atoms with E-state index in [4.69, 9.17) is 5.73 Å². The molecule has 3 nitrogen and oxygen atoms in total. The third kappa shape index (κ3) is 1.89. The van der Waals surface area contributed by atoms with E-state index < -0.39 is 0 Å².